The van der Waals surface area contributed by atoms with E-state index in [1.807, 2.05) is 61.5 Å². The molecule has 0 aliphatic heterocycles. The van der Waals surface area contributed by atoms with E-state index in [2.05, 4.69) is 4.98 Å². The summed E-state index contributed by atoms with van der Waals surface area (Å²) in [6.45, 7) is 5.98. The van der Waals surface area contributed by atoms with Crippen LogP contribution in [0.3, 0.4) is 0 Å². The number of hydrogen-bond acceptors (Lipinski definition) is 6. The number of hydrogen-bond donors (Lipinski definition) is 1. The molecule has 0 atom stereocenters. The molecule has 1 aliphatic rings. The standard InChI is InChI=1S/C33H32N2O5/c1-4-39-32(37)28-20(3)24-13-9-10-14-26(24)34-30(28)22-15-17-23(18-16-22)31-29(33(38)40-5-2)25(19-27(36)35-31)21-11-7-6-8-12-21/h6-8,11-12,15-19H,4-5,9-10,13-14H2,1-3H3,(H,35,36). The number of H-pyrrole nitrogens is 1. The maximum absolute atomic E-state index is 13.2. The number of benzene rings is 2. The van der Waals surface area contributed by atoms with Gasteiger partial charge in [-0.3, -0.25) is 9.78 Å². The van der Waals surface area contributed by atoms with E-state index >= 15 is 0 Å². The Balaban J connectivity index is 1.65. The summed E-state index contributed by atoms with van der Waals surface area (Å²) in [4.78, 5) is 46.8. The second kappa shape index (κ2) is 11.7. The Morgan fingerprint density at radius 2 is 1.45 bits per heavy atom. The summed E-state index contributed by atoms with van der Waals surface area (Å²) < 4.78 is 10.8. The molecule has 0 fully saturated rings. The smallest absolute Gasteiger partial charge is 0.340 e. The lowest BCUT2D eigenvalue weighted by Crippen LogP contribution is -2.17. The normalized spacial score (nSPS) is 12.5. The van der Waals surface area contributed by atoms with Crippen molar-refractivity contribution in [2.45, 2.75) is 46.5 Å². The molecule has 2 aromatic carbocycles. The molecule has 40 heavy (non-hydrogen) atoms. The lowest BCUT2D eigenvalue weighted by Gasteiger charge is -2.22. The molecule has 4 aromatic rings. The van der Waals surface area contributed by atoms with Crippen molar-refractivity contribution in [1.82, 2.24) is 9.97 Å². The highest BCUT2D eigenvalue weighted by molar-refractivity contribution is 6.03. The molecule has 2 aromatic heterocycles. The molecule has 204 valence electrons. The highest BCUT2D eigenvalue weighted by atomic mass is 16.5. The molecule has 7 heteroatoms. The van der Waals surface area contributed by atoms with Crippen LogP contribution in [-0.2, 0) is 22.3 Å². The number of pyridine rings is 2. The number of carbonyl (C=O) groups excluding carboxylic acids is 2. The molecule has 0 saturated carbocycles. The van der Waals surface area contributed by atoms with E-state index in [9.17, 15) is 14.4 Å². The van der Waals surface area contributed by atoms with Crippen LogP contribution < -0.4 is 5.56 Å². The zero-order valence-corrected chi connectivity index (χ0v) is 23.0. The number of carbonyl (C=O) groups is 2. The predicted molar refractivity (Wildman–Crippen MR) is 154 cm³/mol. The maximum atomic E-state index is 13.2. The summed E-state index contributed by atoms with van der Waals surface area (Å²) in [6.07, 6.45) is 3.93. The Kier molecular flexibility index (Phi) is 7.91. The first-order valence-corrected chi connectivity index (χ1v) is 13.7. The zero-order chi connectivity index (χ0) is 28.2. The lowest BCUT2D eigenvalue weighted by atomic mass is 9.88. The number of aromatic nitrogens is 2. The lowest BCUT2D eigenvalue weighted by molar-refractivity contribution is 0.0517. The summed E-state index contributed by atoms with van der Waals surface area (Å²) >= 11 is 0. The van der Waals surface area contributed by atoms with E-state index in [0.717, 1.165) is 53.6 Å². The molecule has 1 N–H and O–H groups in total. The number of aryl methyl sites for hydroxylation is 1. The summed E-state index contributed by atoms with van der Waals surface area (Å²) in [5.41, 5.74) is 7.12. The molecule has 5 rings (SSSR count). The molecule has 0 bridgehead atoms. The highest BCUT2D eigenvalue weighted by Crippen LogP contribution is 2.35. The van der Waals surface area contributed by atoms with Gasteiger partial charge in [-0.1, -0.05) is 54.6 Å². The van der Waals surface area contributed by atoms with Crippen LogP contribution in [0.5, 0.6) is 0 Å². The van der Waals surface area contributed by atoms with E-state index in [4.69, 9.17) is 14.5 Å². The van der Waals surface area contributed by atoms with Gasteiger partial charge in [-0.15, -0.1) is 0 Å². The van der Waals surface area contributed by atoms with Crippen LogP contribution in [0, 0.1) is 6.92 Å². The van der Waals surface area contributed by atoms with Crippen molar-refractivity contribution < 1.29 is 19.1 Å². The molecular weight excluding hydrogens is 504 g/mol. The Morgan fingerprint density at radius 1 is 0.825 bits per heavy atom. The fourth-order valence-corrected chi connectivity index (χ4v) is 5.43. The molecular formula is C33H32N2O5. The van der Waals surface area contributed by atoms with Gasteiger partial charge >= 0.3 is 11.9 Å². The van der Waals surface area contributed by atoms with Crippen molar-refractivity contribution in [2.75, 3.05) is 13.2 Å². The predicted octanol–water partition coefficient (Wildman–Crippen LogP) is 6.31. The monoisotopic (exact) mass is 536 g/mol. The van der Waals surface area contributed by atoms with Gasteiger partial charge < -0.3 is 14.5 Å². The molecule has 0 saturated heterocycles. The van der Waals surface area contributed by atoms with Gasteiger partial charge in [0.15, 0.2) is 0 Å². The van der Waals surface area contributed by atoms with Crippen molar-refractivity contribution >= 4 is 11.9 Å². The van der Waals surface area contributed by atoms with Crippen molar-refractivity contribution in [3.8, 4) is 33.6 Å². The van der Waals surface area contributed by atoms with Crippen LogP contribution >= 0.6 is 0 Å². The molecule has 1 aliphatic carbocycles. The minimum Gasteiger partial charge on any atom is -0.462 e. The molecule has 7 nitrogen and oxygen atoms in total. The average molecular weight is 537 g/mol. The molecule has 0 unspecified atom stereocenters. The van der Waals surface area contributed by atoms with Gasteiger partial charge in [-0.2, -0.15) is 0 Å². The van der Waals surface area contributed by atoms with Crippen LogP contribution in [0.25, 0.3) is 33.6 Å². The molecule has 0 radical (unpaired) electrons. The third-order valence-electron chi connectivity index (χ3n) is 7.28. The number of rotatable bonds is 7. The highest BCUT2D eigenvalue weighted by Gasteiger charge is 2.26. The van der Waals surface area contributed by atoms with Gasteiger partial charge in [0.25, 0.3) is 0 Å². The van der Waals surface area contributed by atoms with Gasteiger partial charge in [0, 0.05) is 22.9 Å². The zero-order valence-electron chi connectivity index (χ0n) is 23.0. The van der Waals surface area contributed by atoms with E-state index in [0.29, 0.717) is 28.1 Å². The Morgan fingerprint density at radius 3 is 2.12 bits per heavy atom. The van der Waals surface area contributed by atoms with E-state index in [1.165, 1.54) is 6.07 Å². The second-order valence-corrected chi connectivity index (χ2v) is 9.77. The second-order valence-electron chi connectivity index (χ2n) is 9.77. The van der Waals surface area contributed by atoms with Crippen LogP contribution in [0.1, 0.15) is 64.2 Å². The van der Waals surface area contributed by atoms with Crippen LogP contribution in [0.2, 0.25) is 0 Å². The minimum atomic E-state index is -0.520. The number of fused-ring (bicyclic) bond motifs is 1. The summed E-state index contributed by atoms with van der Waals surface area (Å²) in [5.74, 6) is -0.905. The van der Waals surface area contributed by atoms with E-state index in [1.54, 1.807) is 13.8 Å². The third kappa shape index (κ3) is 5.19. The van der Waals surface area contributed by atoms with Gasteiger partial charge in [0.1, 0.15) is 0 Å². The number of ether oxygens (including phenoxy) is 2. The molecule has 0 spiro atoms. The first-order valence-electron chi connectivity index (χ1n) is 13.7. The summed E-state index contributed by atoms with van der Waals surface area (Å²) in [7, 11) is 0. The SMILES string of the molecule is CCOC(=O)c1c(-c2ccccc2)cc(=O)[nH]c1-c1ccc(-c2nc3c(c(C)c2C(=O)OCC)CCCC3)cc1. The fourth-order valence-electron chi connectivity index (χ4n) is 5.43. The van der Waals surface area contributed by atoms with Crippen molar-refractivity contribution in [1.29, 1.82) is 0 Å². The first kappa shape index (κ1) is 27.1. The molecule has 2 heterocycles. The molecule has 0 amide bonds. The Bertz CT molecular complexity index is 1620. The number of esters is 2. The van der Waals surface area contributed by atoms with E-state index in [-0.39, 0.29) is 30.3 Å². The Labute approximate surface area is 233 Å². The van der Waals surface area contributed by atoms with Crippen LogP contribution in [0.4, 0.5) is 0 Å². The fraction of sp³-hybridized carbons (Fsp3) is 0.273. The van der Waals surface area contributed by atoms with Gasteiger partial charge in [0.05, 0.1) is 35.7 Å². The Hall–Kier alpha value is -4.52. The minimum absolute atomic E-state index is 0.199. The van der Waals surface area contributed by atoms with Crippen LogP contribution in [0.15, 0.2) is 65.5 Å². The number of nitrogens with zero attached hydrogens (tertiary/aromatic N) is 1. The average Bonchev–Trinajstić information content (AvgIpc) is 2.97. The van der Waals surface area contributed by atoms with Gasteiger partial charge in [-0.25, -0.2) is 9.59 Å². The van der Waals surface area contributed by atoms with Crippen molar-refractivity contribution in [2.24, 2.45) is 0 Å². The van der Waals surface area contributed by atoms with Crippen molar-refractivity contribution in [3.05, 3.63) is 99.0 Å². The number of nitrogens with one attached hydrogen (secondary N) is 1. The quantitative estimate of drug-likeness (QED) is 0.278. The first-order chi connectivity index (χ1) is 19.4. The van der Waals surface area contributed by atoms with Gasteiger partial charge in [-0.05, 0) is 68.7 Å². The summed E-state index contributed by atoms with van der Waals surface area (Å²) in [6, 6.07) is 18.1. The van der Waals surface area contributed by atoms with Gasteiger partial charge in [0.2, 0.25) is 5.56 Å². The third-order valence-corrected chi connectivity index (χ3v) is 7.28. The maximum Gasteiger partial charge on any atom is 0.340 e. The van der Waals surface area contributed by atoms with Crippen molar-refractivity contribution in [3.63, 3.8) is 0 Å². The topological polar surface area (TPSA) is 98.4 Å². The van der Waals surface area contributed by atoms with Crippen LogP contribution in [-0.4, -0.2) is 35.1 Å². The van der Waals surface area contributed by atoms with E-state index < -0.39 is 5.97 Å². The number of aromatic amines is 1. The largest absolute Gasteiger partial charge is 0.462 e. The summed E-state index contributed by atoms with van der Waals surface area (Å²) in [5, 5.41) is 0.